The van der Waals surface area contributed by atoms with Gasteiger partial charge in [0.25, 0.3) is 0 Å². The summed E-state index contributed by atoms with van der Waals surface area (Å²) in [5.74, 6) is 1.83. The number of piperidine rings is 2. The summed E-state index contributed by atoms with van der Waals surface area (Å²) >= 11 is 0. The predicted octanol–water partition coefficient (Wildman–Crippen LogP) is 3.76. The van der Waals surface area contributed by atoms with Crippen molar-refractivity contribution in [1.82, 2.24) is 14.7 Å². The van der Waals surface area contributed by atoms with Crippen molar-refractivity contribution in [3.63, 3.8) is 0 Å². The summed E-state index contributed by atoms with van der Waals surface area (Å²) in [6.45, 7) is 8.24. The first kappa shape index (κ1) is 19.7. The molecule has 3 saturated heterocycles. The number of hydrogen-bond acceptors (Lipinski definition) is 3. The van der Waals surface area contributed by atoms with E-state index < -0.39 is 0 Å². The molecule has 3 heterocycles. The van der Waals surface area contributed by atoms with Crippen LogP contribution >= 0.6 is 0 Å². The van der Waals surface area contributed by atoms with E-state index in [9.17, 15) is 4.79 Å². The highest BCUT2D eigenvalue weighted by atomic mass is 16.2. The van der Waals surface area contributed by atoms with Gasteiger partial charge in [-0.05, 0) is 90.0 Å². The number of carbonyl (C=O) groups is 1. The number of nitrogens with zero attached hydrogens (tertiary/aromatic N) is 3. The van der Waals surface area contributed by atoms with Gasteiger partial charge in [-0.2, -0.15) is 0 Å². The van der Waals surface area contributed by atoms with E-state index in [4.69, 9.17) is 0 Å². The zero-order chi connectivity index (χ0) is 18.5. The fourth-order valence-corrected chi connectivity index (χ4v) is 6.12. The van der Waals surface area contributed by atoms with Crippen LogP contribution in [0, 0.1) is 11.8 Å². The lowest BCUT2D eigenvalue weighted by atomic mass is 9.92. The normalized spacial score (nSPS) is 27.6. The highest BCUT2D eigenvalue weighted by Crippen LogP contribution is 2.29. The van der Waals surface area contributed by atoms with Crippen LogP contribution in [0.3, 0.4) is 0 Å². The van der Waals surface area contributed by atoms with Crippen molar-refractivity contribution >= 4 is 5.91 Å². The molecule has 0 aromatic rings. The monoisotopic (exact) mass is 375 g/mol. The van der Waals surface area contributed by atoms with Crippen LogP contribution in [-0.4, -0.2) is 72.5 Å². The second-order valence-corrected chi connectivity index (χ2v) is 9.71. The van der Waals surface area contributed by atoms with Crippen molar-refractivity contribution in [2.75, 3.05) is 45.8 Å². The Hall–Kier alpha value is -0.610. The standard InChI is InChI=1S/C23H41N3O/c27-23(26-14-3-4-15-26)21-9-18-25(19-10-21)22-11-16-24(17-12-22)13-5-8-20-6-1-2-7-20/h20-22H,1-19H2. The largest absolute Gasteiger partial charge is 0.342 e. The van der Waals surface area contributed by atoms with E-state index in [-0.39, 0.29) is 0 Å². The van der Waals surface area contributed by atoms with E-state index in [0.717, 1.165) is 51.0 Å². The van der Waals surface area contributed by atoms with Gasteiger partial charge in [0.05, 0.1) is 0 Å². The number of amides is 1. The first-order valence-electron chi connectivity index (χ1n) is 12.0. The Morgan fingerprint density at radius 1 is 0.741 bits per heavy atom. The Morgan fingerprint density at radius 3 is 2.07 bits per heavy atom. The fraction of sp³-hybridized carbons (Fsp3) is 0.957. The maximum atomic E-state index is 12.6. The van der Waals surface area contributed by atoms with E-state index >= 15 is 0 Å². The molecule has 0 unspecified atom stereocenters. The van der Waals surface area contributed by atoms with Gasteiger partial charge in [-0.3, -0.25) is 4.79 Å². The van der Waals surface area contributed by atoms with E-state index in [1.54, 1.807) is 0 Å². The summed E-state index contributed by atoms with van der Waals surface area (Å²) < 4.78 is 0. The minimum absolute atomic E-state index is 0.315. The zero-order valence-corrected chi connectivity index (χ0v) is 17.4. The lowest BCUT2D eigenvalue weighted by molar-refractivity contribution is -0.136. The summed E-state index contributed by atoms with van der Waals surface area (Å²) in [6.07, 6.45) is 16.1. The van der Waals surface area contributed by atoms with E-state index in [2.05, 4.69) is 14.7 Å². The molecule has 27 heavy (non-hydrogen) atoms. The van der Waals surface area contributed by atoms with Gasteiger partial charge >= 0.3 is 0 Å². The summed E-state index contributed by atoms with van der Waals surface area (Å²) in [5.41, 5.74) is 0. The van der Waals surface area contributed by atoms with Crippen molar-refractivity contribution in [1.29, 1.82) is 0 Å². The molecule has 0 aromatic heterocycles. The Bertz CT molecular complexity index is 454. The molecule has 0 atom stereocenters. The quantitative estimate of drug-likeness (QED) is 0.707. The minimum Gasteiger partial charge on any atom is -0.342 e. The van der Waals surface area contributed by atoms with E-state index in [1.165, 1.54) is 83.8 Å². The van der Waals surface area contributed by atoms with Crippen LogP contribution in [0.1, 0.15) is 77.0 Å². The lowest BCUT2D eigenvalue weighted by Gasteiger charge is -2.42. The van der Waals surface area contributed by atoms with Crippen molar-refractivity contribution < 1.29 is 4.79 Å². The molecule has 3 aliphatic heterocycles. The number of likely N-dealkylation sites (tertiary alicyclic amines) is 3. The average molecular weight is 376 g/mol. The Morgan fingerprint density at radius 2 is 1.41 bits per heavy atom. The molecule has 154 valence electrons. The molecule has 0 aromatic carbocycles. The van der Waals surface area contributed by atoms with Crippen LogP contribution in [-0.2, 0) is 4.79 Å². The van der Waals surface area contributed by atoms with Crippen LogP contribution in [0.25, 0.3) is 0 Å². The third kappa shape index (κ3) is 5.26. The topological polar surface area (TPSA) is 26.8 Å². The van der Waals surface area contributed by atoms with Gasteiger partial charge in [-0.1, -0.05) is 25.7 Å². The fourth-order valence-electron chi connectivity index (χ4n) is 6.12. The van der Waals surface area contributed by atoms with Gasteiger partial charge in [0.1, 0.15) is 0 Å². The molecule has 4 rings (SSSR count). The maximum absolute atomic E-state index is 12.6. The second-order valence-electron chi connectivity index (χ2n) is 9.71. The molecule has 0 bridgehead atoms. The van der Waals surface area contributed by atoms with Gasteiger partial charge in [0.2, 0.25) is 5.91 Å². The number of rotatable bonds is 6. The predicted molar refractivity (Wildman–Crippen MR) is 111 cm³/mol. The van der Waals surface area contributed by atoms with Crippen LogP contribution < -0.4 is 0 Å². The SMILES string of the molecule is O=C(C1CCN(C2CCN(CCCC3CCCC3)CC2)CC1)N1CCCC1. The van der Waals surface area contributed by atoms with Crippen molar-refractivity contribution in [2.24, 2.45) is 11.8 Å². The van der Waals surface area contributed by atoms with Gasteiger partial charge in [0.15, 0.2) is 0 Å². The smallest absolute Gasteiger partial charge is 0.225 e. The molecular weight excluding hydrogens is 334 g/mol. The molecule has 4 heteroatoms. The molecule has 0 N–H and O–H groups in total. The van der Waals surface area contributed by atoms with Gasteiger partial charge in [-0.15, -0.1) is 0 Å². The van der Waals surface area contributed by atoms with Gasteiger partial charge in [-0.25, -0.2) is 0 Å². The van der Waals surface area contributed by atoms with Crippen molar-refractivity contribution in [2.45, 2.75) is 83.1 Å². The van der Waals surface area contributed by atoms with Gasteiger partial charge < -0.3 is 14.7 Å². The van der Waals surface area contributed by atoms with Crippen LogP contribution in [0.2, 0.25) is 0 Å². The summed E-state index contributed by atoms with van der Waals surface area (Å²) in [6, 6.07) is 0.777. The molecule has 4 aliphatic rings. The maximum Gasteiger partial charge on any atom is 0.225 e. The zero-order valence-electron chi connectivity index (χ0n) is 17.4. The van der Waals surface area contributed by atoms with Crippen LogP contribution in [0.5, 0.6) is 0 Å². The molecule has 1 amide bonds. The Kier molecular flexibility index (Phi) is 7.10. The lowest BCUT2D eigenvalue weighted by Crippen LogP contribution is -2.49. The minimum atomic E-state index is 0.315. The molecule has 0 radical (unpaired) electrons. The van der Waals surface area contributed by atoms with E-state index in [1.807, 2.05) is 0 Å². The molecule has 4 nitrogen and oxygen atoms in total. The average Bonchev–Trinajstić information content (AvgIpc) is 3.42. The first-order chi connectivity index (χ1) is 13.3. The second kappa shape index (κ2) is 9.73. The van der Waals surface area contributed by atoms with E-state index in [0.29, 0.717) is 11.8 Å². The van der Waals surface area contributed by atoms with Crippen LogP contribution in [0.4, 0.5) is 0 Å². The highest BCUT2D eigenvalue weighted by molar-refractivity contribution is 5.79. The number of carbonyl (C=O) groups excluding carboxylic acids is 1. The Labute approximate surface area is 166 Å². The number of hydrogen-bond donors (Lipinski definition) is 0. The third-order valence-corrected chi connectivity index (χ3v) is 7.93. The Balaban J connectivity index is 1.11. The van der Waals surface area contributed by atoms with Crippen molar-refractivity contribution in [3.8, 4) is 0 Å². The third-order valence-electron chi connectivity index (χ3n) is 7.93. The summed E-state index contributed by atoms with van der Waals surface area (Å²) in [7, 11) is 0. The molecule has 4 fully saturated rings. The molecule has 1 saturated carbocycles. The highest BCUT2D eigenvalue weighted by Gasteiger charge is 2.33. The molecule has 0 spiro atoms. The molecular formula is C23H41N3O. The van der Waals surface area contributed by atoms with Crippen molar-refractivity contribution in [3.05, 3.63) is 0 Å². The van der Waals surface area contributed by atoms with Gasteiger partial charge in [0, 0.05) is 25.0 Å². The van der Waals surface area contributed by atoms with Crippen LogP contribution in [0.15, 0.2) is 0 Å². The molecule has 1 aliphatic carbocycles. The first-order valence-corrected chi connectivity index (χ1v) is 12.0. The summed E-state index contributed by atoms with van der Waals surface area (Å²) in [4.78, 5) is 20.2. The summed E-state index contributed by atoms with van der Waals surface area (Å²) in [5, 5.41) is 0.